The molecule has 0 bridgehead atoms. The summed E-state index contributed by atoms with van der Waals surface area (Å²) in [5, 5.41) is 0. The van der Waals surface area contributed by atoms with E-state index in [1.807, 2.05) is 24.2 Å². The van der Waals surface area contributed by atoms with Crippen molar-refractivity contribution in [1.29, 1.82) is 0 Å². The summed E-state index contributed by atoms with van der Waals surface area (Å²) in [4.78, 5) is 19.9. The molecule has 0 N–H and O–H groups in total. The van der Waals surface area contributed by atoms with Crippen LogP contribution in [-0.2, 0) is 21.4 Å². The highest BCUT2D eigenvalue weighted by atomic mass is 32.2. The number of sulfonamides is 1. The zero-order valence-electron chi connectivity index (χ0n) is 15.6. The minimum atomic E-state index is -3.30. The Bertz CT molecular complexity index is 797. The van der Waals surface area contributed by atoms with Gasteiger partial charge in [0.05, 0.1) is 18.2 Å². The van der Waals surface area contributed by atoms with Gasteiger partial charge in [-0.2, -0.15) is 4.31 Å². The van der Waals surface area contributed by atoms with E-state index in [0.717, 1.165) is 38.1 Å². The van der Waals surface area contributed by atoms with Gasteiger partial charge in [0.15, 0.2) is 0 Å². The lowest BCUT2D eigenvalue weighted by atomic mass is 9.68. The number of hydrogen-bond donors (Lipinski definition) is 0. The summed E-state index contributed by atoms with van der Waals surface area (Å²) < 4.78 is 28.1. The van der Waals surface area contributed by atoms with Gasteiger partial charge in [-0.05, 0) is 45.4 Å². The molecular weight excluding hydrogens is 352 g/mol. The molecule has 3 aliphatic rings. The first-order chi connectivity index (χ1) is 12.3. The van der Waals surface area contributed by atoms with Gasteiger partial charge in [0.1, 0.15) is 5.82 Å². The maximum absolute atomic E-state index is 13.5. The number of imidazole rings is 1. The molecule has 144 valence electrons. The average molecular weight is 381 g/mol. The molecule has 0 radical (unpaired) electrons. The van der Waals surface area contributed by atoms with Crippen molar-refractivity contribution in [2.75, 3.05) is 19.3 Å². The second-order valence-electron chi connectivity index (χ2n) is 8.12. The summed E-state index contributed by atoms with van der Waals surface area (Å²) in [6, 6.07) is 0.250. The minimum absolute atomic E-state index is 0.106. The monoisotopic (exact) mass is 380 g/mol. The summed E-state index contributed by atoms with van der Waals surface area (Å²) in [6.07, 6.45) is 10.6. The Morgan fingerprint density at radius 3 is 2.58 bits per heavy atom. The molecule has 4 rings (SSSR count). The molecule has 1 aromatic rings. The molecule has 2 atom stereocenters. The van der Waals surface area contributed by atoms with Gasteiger partial charge in [-0.3, -0.25) is 4.79 Å². The van der Waals surface area contributed by atoms with Crippen molar-refractivity contribution >= 4 is 15.9 Å². The average Bonchev–Trinajstić information content (AvgIpc) is 3.32. The van der Waals surface area contributed by atoms with E-state index in [0.29, 0.717) is 19.1 Å². The molecule has 2 saturated heterocycles. The van der Waals surface area contributed by atoms with E-state index in [2.05, 4.69) is 9.55 Å². The standard InChI is InChI=1S/C18H28N4O3S/c1-14-18(8-4-11-22(14)26(2,24)25)7-3-10-20(17(18)23)13-16-19-9-12-21(16)15-5-6-15/h9,12,14-15H,3-8,10-11,13H2,1-2H3/t14-,18-/m0/s1. The van der Waals surface area contributed by atoms with Gasteiger partial charge in [0, 0.05) is 37.6 Å². The van der Waals surface area contributed by atoms with Crippen LogP contribution in [0.2, 0.25) is 0 Å². The summed E-state index contributed by atoms with van der Waals surface area (Å²) in [6.45, 7) is 3.67. The number of likely N-dealkylation sites (tertiary alicyclic amines) is 1. The van der Waals surface area contributed by atoms with Gasteiger partial charge >= 0.3 is 0 Å². The fraction of sp³-hybridized carbons (Fsp3) is 0.778. The fourth-order valence-electron chi connectivity index (χ4n) is 4.88. The molecule has 1 aromatic heterocycles. The maximum atomic E-state index is 13.5. The lowest BCUT2D eigenvalue weighted by molar-refractivity contribution is -0.153. The third-order valence-corrected chi connectivity index (χ3v) is 7.80. The molecule has 3 fully saturated rings. The second-order valence-corrected chi connectivity index (χ2v) is 10.1. The first kappa shape index (κ1) is 18.0. The Morgan fingerprint density at radius 1 is 1.23 bits per heavy atom. The molecule has 1 aliphatic carbocycles. The number of aromatic nitrogens is 2. The Balaban J connectivity index is 1.58. The first-order valence-electron chi connectivity index (χ1n) is 9.61. The summed E-state index contributed by atoms with van der Waals surface area (Å²) >= 11 is 0. The zero-order chi connectivity index (χ0) is 18.5. The molecule has 26 heavy (non-hydrogen) atoms. The zero-order valence-corrected chi connectivity index (χ0v) is 16.4. The molecule has 3 heterocycles. The smallest absolute Gasteiger partial charge is 0.230 e. The van der Waals surface area contributed by atoms with Crippen LogP contribution >= 0.6 is 0 Å². The Morgan fingerprint density at radius 2 is 1.92 bits per heavy atom. The van der Waals surface area contributed by atoms with E-state index < -0.39 is 15.4 Å². The Kier molecular flexibility index (Phi) is 4.38. The van der Waals surface area contributed by atoms with Crippen LogP contribution in [0.4, 0.5) is 0 Å². The first-order valence-corrected chi connectivity index (χ1v) is 11.5. The quantitative estimate of drug-likeness (QED) is 0.798. The lowest BCUT2D eigenvalue weighted by Crippen LogP contribution is -2.61. The lowest BCUT2D eigenvalue weighted by Gasteiger charge is -2.50. The van der Waals surface area contributed by atoms with Crippen LogP contribution in [0.25, 0.3) is 0 Å². The predicted molar refractivity (Wildman–Crippen MR) is 97.8 cm³/mol. The van der Waals surface area contributed by atoms with Crippen molar-refractivity contribution in [1.82, 2.24) is 18.8 Å². The largest absolute Gasteiger partial charge is 0.335 e. The van der Waals surface area contributed by atoms with Gasteiger partial charge in [0.25, 0.3) is 0 Å². The molecule has 7 nitrogen and oxygen atoms in total. The van der Waals surface area contributed by atoms with Crippen LogP contribution in [0.5, 0.6) is 0 Å². The van der Waals surface area contributed by atoms with Crippen molar-refractivity contribution in [2.24, 2.45) is 5.41 Å². The normalized spacial score (nSPS) is 30.9. The van der Waals surface area contributed by atoms with E-state index in [4.69, 9.17) is 0 Å². The third-order valence-electron chi connectivity index (χ3n) is 6.44. The molecule has 1 amide bonds. The molecule has 1 saturated carbocycles. The SMILES string of the molecule is C[C@@H]1N(S(C)(=O)=O)CCC[C@@]12CCCN(Cc1nccn1C1CC1)C2=O. The number of piperidine rings is 2. The van der Waals surface area contributed by atoms with E-state index in [1.165, 1.54) is 23.4 Å². The number of hydrogen-bond acceptors (Lipinski definition) is 4. The Labute approximate surface area is 155 Å². The fourth-order valence-corrected chi connectivity index (χ4v) is 6.12. The predicted octanol–water partition coefficient (Wildman–Crippen LogP) is 1.77. The van der Waals surface area contributed by atoms with Crippen LogP contribution in [0.1, 0.15) is 57.3 Å². The minimum Gasteiger partial charge on any atom is -0.335 e. The molecule has 1 spiro atoms. The molecule has 8 heteroatoms. The van der Waals surface area contributed by atoms with Crippen LogP contribution in [-0.4, -0.2) is 58.5 Å². The Hall–Kier alpha value is -1.41. The van der Waals surface area contributed by atoms with Crippen molar-refractivity contribution < 1.29 is 13.2 Å². The molecule has 2 aliphatic heterocycles. The highest BCUT2D eigenvalue weighted by molar-refractivity contribution is 7.88. The van der Waals surface area contributed by atoms with Crippen molar-refractivity contribution in [3.05, 3.63) is 18.2 Å². The maximum Gasteiger partial charge on any atom is 0.230 e. The summed E-state index contributed by atoms with van der Waals surface area (Å²) in [7, 11) is -3.30. The second kappa shape index (κ2) is 6.34. The van der Waals surface area contributed by atoms with Gasteiger partial charge in [-0.25, -0.2) is 13.4 Å². The van der Waals surface area contributed by atoms with Crippen LogP contribution in [0.3, 0.4) is 0 Å². The van der Waals surface area contributed by atoms with E-state index in [1.54, 1.807) is 0 Å². The third kappa shape index (κ3) is 2.97. The topological polar surface area (TPSA) is 75.5 Å². The van der Waals surface area contributed by atoms with Gasteiger partial charge in [-0.15, -0.1) is 0 Å². The van der Waals surface area contributed by atoms with Crippen molar-refractivity contribution in [3.63, 3.8) is 0 Å². The van der Waals surface area contributed by atoms with Gasteiger partial charge in [-0.1, -0.05) is 0 Å². The van der Waals surface area contributed by atoms with E-state index in [9.17, 15) is 13.2 Å². The van der Waals surface area contributed by atoms with E-state index in [-0.39, 0.29) is 11.9 Å². The summed E-state index contributed by atoms with van der Waals surface area (Å²) in [5.74, 6) is 1.05. The molecule has 0 unspecified atom stereocenters. The van der Waals surface area contributed by atoms with Crippen LogP contribution in [0.15, 0.2) is 12.4 Å². The van der Waals surface area contributed by atoms with Gasteiger partial charge < -0.3 is 9.47 Å². The highest BCUT2D eigenvalue weighted by Gasteiger charge is 2.53. The highest BCUT2D eigenvalue weighted by Crippen LogP contribution is 2.45. The van der Waals surface area contributed by atoms with Crippen LogP contribution in [0, 0.1) is 5.41 Å². The number of amides is 1. The number of nitrogens with zero attached hydrogens (tertiary/aromatic N) is 4. The summed E-state index contributed by atoms with van der Waals surface area (Å²) in [5.41, 5.74) is -0.587. The number of carbonyl (C=O) groups is 1. The number of rotatable bonds is 4. The van der Waals surface area contributed by atoms with Crippen molar-refractivity contribution in [3.8, 4) is 0 Å². The molecule has 0 aromatic carbocycles. The van der Waals surface area contributed by atoms with E-state index >= 15 is 0 Å². The van der Waals surface area contributed by atoms with Crippen LogP contribution < -0.4 is 0 Å². The van der Waals surface area contributed by atoms with Crippen molar-refractivity contribution in [2.45, 2.75) is 64.1 Å². The molecular formula is C18H28N4O3S. The number of carbonyl (C=O) groups excluding carboxylic acids is 1. The van der Waals surface area contributed by atoms with Gasteiger partial charge in [0.2, 0.25) is 15.9 Å².